The van der Waals surface area contributed by atoms with Gasteiger partial charge in [0.25, 0.3) is 11.8 Å². The molecule has 4 aromatic rings. The fourth-order valence-electron chi connectivity index (χ4n) is 3.38. The van der Waals surface area contributed by atoms with Gasteiger partial charge in [0, 0.05) is 17.8 Å². The Morgan fingerprint density at radius 3 is 2.48 bits per heavy atom. The molecule has 0 fully saturated rings. The van der Waals surface area contributed by atoms with Crippen molar-refractivity contribution in [1.29, 1.82) is 0 Å². The van der Waals surface area contributed by atoms with Crippen molar-refractivity contribution < 1.29 is 14.0 Å². The van der Waals surface area contributed by atoms with Crippen molar-refractivity contribution in [2.75, 3.05) is 5.73 Å². The van der Waals surface area contributed by atoms with Crippen LogP contribution in [0.2, 0.25) is 0 Å². The van der Waals surface area contributed by atoms with Gasteiger partial charge in [0.05, 0.1) is 16.5 Å². The van der Waals surface area contributed by atoms with Crippen LogP contribution >= 0.6 is 11.3 Å². The van der Waals surface area contributed by atoms with Gasteiger partial charge in [0.15, 0.2) is 5.65 Å². The van der Waals surface area contributed by atoms with Gasteiger partial charge in [-0.05, 0) is 61.5 Å². The van der Waals surface area contributed by atoms with Crippen LogP contribution < -0.4 is 16.4 Å². The zero-order valence-corrected chi connectivity index (χ0v) is 19.1. The average molecular weight is 467 g/mol. The zero-order valence-electron chi connectivity index (χ0n) is 18.3. The van der Waals surface area contributed by atoms with E-state index in [2.05, 4.69) is 20.7 Å². The van der Waals surface area contributed by atoms with E-state index in [1.54, 1.807) is 30.5 Å². The molecule has 4 rings (SSSR count). The highest BCUT2D eigenvalue weighted by Crippen LogP contribution is 2.28. The highest BCUT2D eigenvalue weighted by Gasteiger charge is 2.19. The summed E-state index contributed by atoms with van der Waals surface area (Å²) in [4.78, 5) is 30.2. The summed E-state index contributed by atoms with van der Waals surface area (Å²) in [5, 5.41) is 11.8. The number of nitrogens with zero attached hydrogens (tertiary/aromatic N) is 3. The number of carbonyl (C=O) groups is 2. The van der Waals surface area contributed by atoms with Gasteiger partial charge in [-0.15, -0.1) is 16.4 Å². The lowest BCUT2D eigenvalue weighted by atomic mass is 10.1. The first-order valence-electron chi connectivity index (χ1n) is 10.3. The van der Waals surface area contributed by atoms with Crippen LogP contribution in [0.1, 0.15) is 52.4 Å². The molecule has 4 N–H and O–H groups in total. The molecule has 10 heteroatoms. The summed E-state index contributed by atoms with van der Waals surface area (Å²) in [6.07, 6.45) is 1.72. The maximum absolute atomic E-state index is 13.2. The molecule has 33 heavy (non-hydrogen) atoms. The van der Waals surface area contributed by atoms with Crippen molar-refractivity contribution in [2.45, 2.75) is 32.9 Å². The van der Waals surface area contributed by atoms with Crippen LogP contribution in [-0.4, -0.2) is 32.5 Å². The van der Waals surface area contributed by atoms with Crippen molar-refractivity contribution in [3.63, 3.8) is 0 Å². The van der Waals surface area contributed by atoms with Gasteiger partial charge in [-0.3, -0.25) is 9.59 Å². The number of thiophene rings is 1. The molecule has 0 aliphatic heterocycles. The third-order valence-corrected chi connectivity index (χ3v) is 5.92. The molecule has 1 aromatic carbocycles. The van der Waals surface area contributed by atoms with Gasteiger partial charge < -0.3 is 16.4 Å². The smallest absolute Gasteiger partial charge is 0.261 e. The van der Waals surface area contributed by atoms with Crippen LogP contribution in [0.25, 0.3) is 16.8 Å². The van der Waals surface area contributed by atoms with Crippen molar-refractivity contribution in [1.82, 2.24) is 25.2 Å². The van der Waals surface area contributed by atoms with Crippen LogP contribution in [0, 0.1) is 5.82 Å². The fraction of sp³-hybridized carbons (Fsp3) is 0.217. The lowest BCUT2D eigenvalue weighted by Crippen LogP contribution is -2.30. The maximum Gasteiger partial charge on any atom is 0.261 e. The topological polar surface area (TPSA) is 114 Å². The Balaban J connectivity index is 1.61. The summed E-state index contributed by atoms with van der Waals surface area (Å²) < 4.78 is 14.6. The van der Waals surface area contributed by atoms with E-state index in [1.165, 1.54) is 28.0 Å². The van der Waals surface area contributed by atoms with Gasteiger partial charge >= 0.3 is 0 Å². The van der Waals surface area contributed by atoms with Crippen LogP contribution in [0.4, 0.5) is 10.3 Å². The summed E-state index contributed by atoms with van der Waals surface area (Å²) in [7, 11) is 0. The maximum atomic E-state index is 13.2. The average Bonchev–Trinajstić information content (AvgIpc) is 3.39. The second kappa shape index (κ2) is 8.99. The number of halogens is 1. The highest BCUT2D eigenvalue weighted by molar-refractivity contribution is 7.12. The molecule has 3 heterocycles. The van der Waals surface area contributed by atoms with Gasteiger partial charge in [0.2, 0.25) is 5.95 Å². The summed E-state index contributed by atoms with van der Waals surface area (Å²) >= 11 is 1.29. The normalized spacial score (nSPS) is 12.2. The Kier molecular flexibility index (Phi) is 6.10. The molecule has 0 bridgehead atoms. The van der Waals surface area contributed by atoms with Crippen molar-refractivity contribution in [3.8, 4) is 11.1 Å². The van der Waals surface area contributed by atoms with Gasteiger partial charge in [0.1, 0.15) is 5.82 Å². The molecular formula is C23H23FN6O2S. The summed E-state index contributed by atoms with van der Waals surface area (Å²) in [6.45, 7) is 5.57. The van der Waals surface area contributed by atoms with Gasteiger partial charge in [-0.1, -0.05) is 12.1 Å². The second-order valence-electron chi connectivity index (χ2n) is 7.96. The van der Waals surface area contributed by atoms with E-state index in [1.807, 2.05) is 26.2 Å². The lowest BCUT2D eigenvalue weighted by molar-refractivity contribution is 0.0935. The Bertz CT molecular complexity index is 1330. The largest absolute Gasteiger partial charge is 0.366 e. The SMILES string of the molecule is CC(C)NC(=O)c1cc(-c2csc(C(=O)NC(C)c3ccc(F)cc3)c2)cn2nc(N)nc12. The Labute approximate surface area is 193 Å². The minimum absolute atomic E-state index is 0.0546. The van der Waals surface area contributed by atoms with Crippen LogP contribution in [0.15, 0.2) is 48.0 Å². The third-order valence-electron chi connectivity index (χ3n) is 4.99. The summed E-state index contributed by atoms with van der Waals surface area (Å²) in [6, 6.07) is 9.13. The standard InChI is InChI=1S/C23H23FN6O2S/c1-12(2)26-21(31)18-8-15(10-30-20(18)28-23(25)29-30)16-9-19(33-11-16)22(32)27-13(3)14-4-6-17(24)7-5-14/h4-13H,1-3H3,(H2,25,29)(H,26,31)(H,27,32). The molecule has 170 valence electrons. The van der Waals surface area contributed by atoms with Crippen LogP contribution in [-0.2, 0) is 0 Å². The van der Waals surface area contributed by atoms with Crippen LogP contribution in [0.5, 0.6) is 0 Å². The summed E-state index contributed by atoms with van der Waals surface area (Å²) in [5.74, 6) is -0.795. The molecule has 1 atom stereocenters. The first kappa shape index (κ1) is 22.4. The number of hydrogen-bond acceptors (Lipinski definition) is 6. The number of hydrogen-bond donors (Lipinski definition) is 3. The Morgan fingerprint density at radius 1 is 1.06 bits per heavy atom. The minimum Gasteiger partial charge on any atom is -0.366 e. The molecule has 1 unspecified atom stereocenters. The lowest BCUT2D eigenvalue weighted by Gasteiger charge is -2.13. The number of benzene rings is 1. The molecule has 0 spiro atoms. The number of carbonyl (C=O) groups excluding carboxylic acids is 2. The predicted molar refractivity (Wildman–Crippen MR) is 126 cm³/mol. The number of nitrogen functional groups attached to an aromatic ring is 1. The quantitative estimate of drug-likeness (QED) is 0.400. The predicted octanol–water partition coefficient (Wildman–Crippen LogP) is 3.81. The van der Waals surface area contributed by atoms with Crippen molar-refractivity contribution in [2.24, 2.45) is 0 Å². The Hall–Kier alpha value is -3.79. The van der Waals surface area contributed by atoms with E-state index in [-0.39, 0.29) is 35.7 Å². The van der Waals surface area contributed by atoms with Gasteiger partial charge in [-0.2, -0.15) is 4.98 Å². The molecule has 0 radical (unpaired) electrons. The van der Waals surface area contributed by atoms with E-state index < -0.39 is 0 Å². The number of nitrogens with two attached hydrogens (primary N) is 1. The number of amides is 2. The van der Waals surface area contributed by atoms with E-state index in [0.29, 0.717) is 21.7 Å². The number of anilines is 1. The summed E-state index contributed by atoms with van der Waals surface area (Å²) in [5.41, 5.74) is 8.71. The zero-order chi connectivity index (χ0) is 23.7. The molecular weight excluding hydrogens is 443 g/mol. The van der Waals surface area contributed by atoms with E-state index in [4.69, 9.17) is 5.73 Å². The van der Waals surface area contributed by atoms with Crippen LogP contribution in [0.3, 0.4) is 0 Å². The van der Waals surface area contributed by atoms with E-state index in [9.17, 15) is 14.0 Å². The van der Waals surface area contributed by atoms with Crippen molar-refractivity contribution in [3.05, 3.63) is 69.8 Å². The molecule has 0 aliphatic rings. The molecule has 3 aromatic heterocycles. The second-order valence-corrected chi connectivity index (χ2v) is 8.87. The number of fused-ring (bicyclic) bond motifs is 1. The first-order valence-corrected chi connectivity index (χ1v) is 11.2. The number of pyridine rings is 1. The van der Waals surface area contributed by atoms with E-state index >= 15 is 0 Å². The number of nitrogens with one attached hydrogen (secondary N) is 2. The number of aromatic nitrogens is 3. The van der Waals surface area contributed by atoms with Crippen molar-refractivity contribution >= 4 is 34.7 Å². The van der Waals surface area contributed by atoms with Gasteiger partial charge in [-0.25, -0.2) is 8.91 Å². The molecule has 0 saturated heterocycles. The minimum atomic E-state index is -0.326. The first-order chi connectivity index (χ1) is 15.7. The Morgan fingerprint density at radius 2 is 1.79 bits per heavy atom. The number of rotatable bonds is 6. The molecule has 8 nitrogen and oxygen atoms in total. The fourth-order valence-corrected chi connectivity index (χ4v) is 4.20. The highest BCUT2D eigenvalue weighted by atomic mass is 32.1. The molecule has 0 aliphatic carbocycles. The molecule has 0 saturated carbocycles. The monoisotopic (exact) mass is 466 g/mol. The third kappa shape index (κ3) is 4.85. The molecule has 2 amide bonds. The van der Waals surface area contributed by atoms with E-state index in [0.717, 1.165) is 11.1 Å².